The molecule has 22 heavy (non-hydrogen) atoms. The lowest BCUT2D eigenvalue weighted by Gasteiger charge is -2.34. The Hall–Kier alpha value is -1.49. The fraction of sp³-hybridized carbons (Fsp3) is 0.529. The van der Waals surface area contributed by atoms with E-state index in [1.807, 2.05) is 36.9 Å². The zero-order valence-corrected chi connectivity index (χ0v) is 13.6. The molecule has 4 nitrogen and oxygen atoms in total. The van der Waals surface area contributed by atoms with E-state index in [9.17, 15) is 9.59 Å². The fourth-order valence-corrected chi connectivity index (χ4v) is 3.73. The number of esters is 1. The van der Waals surface area contributed by atoms with Crippen molar-refractivity contribution in [3.8, 4) is 0 Å². The lowest BCUT2D eigenvalue weighted by Crippen LogP contribution is -2.52. The van der Waals surface area contributed by atoms with E-state index in [4.69, 9.17) is 4.74 Å². The van der Waals surface area contributed by atoms with Crippen molar-refractivity contribution in [2.24, 2.45) is 5.92 Å². The monoisotopic (exact) mass is 319 g/mol. The first-order chi connectivity index (χ1) is 10.6. The summed E-state index contributed by atoms with van der Waals surface area (Å²) in [7, 11) is 0. The Morgan fingerprint density at radius 3 is 2.68 bits per heavy atom. The Morgan fingerprint density at radius 2 is 2.05 bits per heavy atom. The molecule has 0 aliphatic carbocycles. The Bertz CT molecular complexity index is 558. The van der Waals surface area contributed by atoms with Crippen LogP contribution in [-0.4, -0.2) is 47.0 Å². The summed E-state index contributed by atoms with van der Waals surface area (Å²) in [6, 6.07) is 9.14. The molecule has 0 bridgehead atoms. The van der Waals surface area contributed by atoms with Crippen molar-refractivity contribution in [2.75, 3.05) is 24.7 Å². The van der Waals surface area contributed by atoms with Gasteiger partial charge in [-0.25, -0.2) is 4.79 Å². The van der Waals surface area contributed by atoms with E-state index in [-0.39, 0.29) is 11.9 Å². The fourth-order valence-electron chi connectivity index (χ4n) is 2.97. The van der Waals surface area contributed by atoms with Crippen LogP contribution in [0, 0.1) is 5.92 Å². The quantitative estimate of drug-likeness (QED) is 0.800. The summed E-state index contributed by atoms with van der Waals surface area (Å²) in [5, 5.41) is 0. The highest BCUT2D eigenvalue weighted by atomic mass is 32.2. The van der Waals surface area contributed by atoms with Crippen molar-refractivity contribution in [3.05, 3.63) is 35.9 Å². The molecule has 2 saturated heterocycles. The zero-order valence-electron chi connectivity index (χ0n) is 12.8. The largest absolute Gasteiger partial charge is 0.464 e. The molecular formula is C17H21NO3S. The van der Waals surface area contributed by atoms with Crippen LogP contribution in [-0.2, 0) is 9.53 Å². The van der Waals surface area contributed by atoms with Crippen LogP contribution in [0.2, 0.25) is 0 Å². The molecule has 5 heteroatoms. The maximum Gasteiger partial charge on any atom is 0.331 e. The van der Waals surface area contributed by atoms with E-state index >= 15 is 0 Å². The van der Waals surface area contributed by atoms with E-state index in [0.717, 1.165) is 17.9 Å². The molecule has 1 aromatic carbocycles. The molecular weight excluding hydrogens is 298 g/mol. The average Bonchev–Trinajstić information content (AvgIpc) is 2.89. The van der Waals surface area contributed by atoms with Gasteiger partial charge >= 0.3 is 5.97 Å². The number of likely N-dealkylation sites (tertiary alicyclic amines) is 1. The minimum absolute atomic E-state index is 0.0863. The van der Waals surface area contributed by atoms with Crippen LogP contribution in [0.15, 0.2) is 30.3 Å². The summed E-state index contributed by atoms with van der Waals surface area (Å²) >= 11 is 1.88. The topological polar surface area (TPSA) is 46.6 Å². The molecule has 0 N–H and O–H groups in total. The molecule has 2 fully saturated rings. The number of carbonyl (C=O) groups excluding carboxylic acids is 2. The third-order valence-electron chi connectivity index (χ3n) is 4.50. The average molecular weight is 319 g/mol. The number of carbonyl (C=O) groups is 2. The van der Waals surface area contributed by atoms with E-state index in [1.54, 1.807) is 17.0 Å². The lowest BCUT2D eigenvalue weighted by molar-refractivity contribution is -0.155. The lowest BCUT2D eigenvalue weighted by atomic mass is 9.98. The summed E-state index contributed by atoms with van der Waals surface area (Å²) in [4.78, 5) is 26.9. The number of benzene rings is 1. The van der Waals surface area contributed by atoms with Gasteiger partial charge in [-0.15, -0.1) is 0 Å². The second-order valence-electron chi connectivity index (χ2n) is 6.20. The number of rotatable bonds is 4. The van der Waals surface area contributed by atoms with Crippen LogP contribution in [0.25, 0.3) is 0 Å². The van der Waals surface area contributed by atoms with Crippen LogP contribution in [0.1, 0.15) is 30.1 Å². The standard InChI is InChI=1S/C17H21NO3S/c1-17(16(20)21-10-13-11-22-12-13)8-5-9-18(17)15(19)14-6-3-2-4-7-14/h2-4,6-7,13H,5,8-12H2,1H3. The Morgan fingerprint density at radius 1 is 1.32 bits per heavy atom. The van der Waals surface area contributed by atoms with Crippen LogP contribution < -0.4 is 0 Å². The second-order valence-corrected chi connectivity index (χ2v) is 7.28. The molecule has 1 unspecified atom stereocenters. The van der Waals surface area contributed by atoms with Crippen molar-refractivity contribution < 1.29 is 14.3 Å². The van der Waals surface area contributed by atoms with Gasteiger partial charge in [0.25, 0.3) is 5.91 Å². The summed E-state index contributed by atoms with van der Waals surface area (Å²) in [5.74, 6) is 2.27. The van der Waals surface area contributed by atoms with Gasteiger partial charge in [0, 0.05) is 29.5 Å². The molecule has 1 atom stereocenters. The highest BCUT2D eigenvalue weighted by Crippen LogP contribution is 2.32. The van der Waals surface area contributed by atoms with Crippen molar-refractivity contribution in [3.63, 3.8) is 0 Å². The molecule has 2 aliphatic heterocycles. The summed E-state index contributed by atoms with van der Waals surface area (Å²) in [5.41, 5.74) is -0.206. The van der Waals surface area contributed by atoms with Gasteiger partial charge in [0.2, 0.25) is 0 Å². The van der Waals surface area contributed by atoms with Gasteiger partial charge in [0.15, 0.2) is 0 Å². The van der Waals surface area contributed by atoms with Gasteiger partial charge in [-0.05, 0) is 31.9 Å². The van der Waals surface area contributed by atoms with Crippen LogP contribution in [0.3, 0.4) is 0 Å². The highest BCUT2D eigenvalue weighted by Gasteiger charge is 2.47. The van der Waals surface area contributed by atoms with Crippen molar-refractivity contribution in [2.45, 2.75) is 25.3 Å². The van der Waals surface area contributed by atoms with E-state index < -0.39 is 5.54 Å². The molecule has 118 valence electrons. The van der Waals surface area contributed by atoms with Gasteiger partial charge in [0.05, 0.1) is 6.61 Å². The van der Waals surface area contributed by atoms with Crippen molar-refractivity contribution in [1.29, 1.82) is 0 Å². The van der Waals surface area contributed by atoms with Gasteiger partial charge < -0.3 is 9.64 Å². The zero-order chi connectivity index (χ0) is 15.6. The van der Waals surface area contributed by atoms with Crippen LogP contribution >= 0.6 is 11.8 Å². The molecule has 0 saturated carbocycles. The van der Waals surface area contributed by atoms with Gasteiger partial charge in [-0.2, -0.15) is 11.8 Å². The Kier molecular flexibility index (Phi) is 4.43. The second kappa shape index (κ2) is 6.32. The summed E-state index contributed by atoms with van der Waals surface area (Å²) in [6.45, 7) is 2.92. The first-order valence-corrected chi connectivity index (χ1v) is 8.89. The third kappa shape index (κ3) is 2.86. The first-order valence-electron chi connectivity index (χ1n) is 7.73. The van der Waals surface area contributed by atoms with Crippen molar-refractivity contribution in [1.82, 2.24) is 4.90 Å². The van der Waals surface area contributed by atoms with E-state index in [1.165, 1.54) is 0 Å². The number of ether oxygens (including phenoxy) is 1. The SMILES string of the molecule is CC1(C(=O)OCC2CSC2)CCCN1C(=O)c1ccccc1. The third-order valence-corrected chi connectivity index (χ3v) is 5.92. The van der Waals surface area contributed by atoms with Crippen LogP contribution in [0.4, 0.5) is 0 Å². The Balaban J connectivity index is 1.70. The molecule has 1 amide bonds. The molecule has 0 radical (unpaired) electrons. The predicted molar refractivity (Wildman–Crippen MR) is 86.9 cm³/mol. The number of hydrogen-bond acceptors (Lipinski definition) is 4. The van der Waals surface area contributed by atoms with Crippen molar-refractivity contribution >= 4 is 23.6 Å². The minimum Gasteiger partial charge on any atom is -0.464 e. The normalized spacial score (nSPS) is 24.9. The number of thioether (sulfide) groups is 1. The number of amides is 1. The highest BCUT2D eigenvalue weighted by molar-refractivity contribution is 8.00. The molecule has 0 spiro atoms. The smallest absolute Gasteiger partial charge is 0.331 e. The Labute approximate surface area is 135 Å². The number of hydrogen-bond donors (Lipinski definition) is 0. The summed E-state index contributed by atoms with van der Waals surface area (Å²) in [6.07, 6.45) is 1.51. The molecule has 0 aromatic heterocycles. The summed E-state index contributed by atoms with van der Waals surface area (Å²) < 4.78 is 5.50. The first kappa shape index (κ1) is 15.4. The molecule has 3 rings (SSSR count). The van der Waals surface area contributed by atoms with Gasteiger partial charge in [-0.1, -0.05) is 18.2 Å². The van der Waals surface area contributed by atoms with Gasteiger partial charge in [-0.3, -0.25) is 4.79 Å². The molecule has 1 aromatic rings. The maximum absolute atomic E-state index is 12.7. The van der Waals surface area contributed by atoms with E-state index in [2.05, 4.69) is 0 Å². The maximum atomic E-state index is 12.7. The number of nitrogens with zero attached hydrogens (tertiary/aromatic N) is 1. The predicted octanol–water partition coefficient (Wildman–Crippen LogP) is 2.59. The van der Waals surface area contributed by atoms with Gasteiger partial charge in [0.1, 0.15) is 5.54 Å². The minimum atomic E-state index is -0.830. The van der Waals surface area contributed by atoms with E-state index in [0.29, 0.717) is 31.1 Å². The molecule has 2 heterocycles. The van der Waals surface area contributed by atoms with Crippen LogP contribution in [0.5, 0.6) is 0 Å². The molecule has 2 aliphatic rings.